The van der Waals surface area contributed by atoms with E-state index in [1.54, 1.807) is 0 Å². The largest absolute Gasteiger partial charge is 0.390 e. The zero-order valence-corrected chi connectivity index (χ0v) is 7.54. The first-order valence-corrected chi connectivity index (χ1v) is 4.50. The molecule has 0 bridgehead atoms. The van der Waals surface area contributed by atoms with E-state index < -0.39 is 34.7 Å². The van der Waals surface area contributed by atoms with E-state index in [2.05, 4.69) is 0 Å². The van der Waals surface area contributed by atoms with Crippen LogP contribution in [0.25, 0.3) is 0 Å². The van der Waals surface area contributed by atoms with Gasteiger partial charge >= 0.3 is 6.18 Å². The summed E-state index contributed by atoms with van der Waals surface area (Å²) >= 11 is 0.689. The van der Waals surface area contributed by atoms with E-state index in [-0.39, 0.29) is 0 Å². The summed E-state index contributed by atoms with van der Waals surface area (Å²) in [5.74, 6) is -2.08. The quantitative estimate of drug-likeness (QED) is 0.621. The van der Waals surface area contributed by atoms with Crippen molar-refractivity contribution in [3.05, 3.63) is 0 Å². The molecule has 0 amide bonds. The van der Waals surface area contributed by atoms with Crippen LogP contribution in [0.2, 0.25) is 0 Å². The van der Waals surface area contributed by atoms with Crippen LogP contribution in [0.3, 0.4) is 0 Å². The van der Waals surface area contributed by atoms with E-state index in [0.717, 1.165) is 0 Å². The number of hydrogen-bond acceptors (Lipinski definition) is 3. The molecule has 2 atom stereocenters. The summed E-state index contributed by atoms with van der Waals surface area (Å²) in [6, 6.07) is 0. The van der Waals surface area contributed by atoms with E-state index in [4.69, 9.17) is 0 Å². The van der Waals surface area contributed by atoms with Crippen LogP contribution < -0.4 is 0 Å². The van der Waals surface area contributed by atoms with Crippen LogP contribution in [0, 0.1) is 5.92 Å². The number of halogens is 3. The van der Waals surface area contributed by atoms with E-state index >= 15 is 0 Å². The predicted molar refractivity (Wildman–Crippen MR) is 41.2 cm³/mol. The van der Waals surface area contributed by atoms with Crippen molar-refractivity contribution in [1.82, 2.24) is 0 Å². The highest BCUT2D eigenvalue weighted by atomic mass is 32.2. The number of carbonyl (C=O) groups excluding carboxylic acids is 2. The number of rotatable bonds is 1. The lowest BCUT2D eigenvalue weighted by molar-refractivity contribution is -0.155. The summed E-state index contributed by atoms with van der Waals surface area (Å²) in [6.07, 6.45) is -5.76. The summed E-state index contributed by atoms with van der Waals surface area (Å²) < 4.78 is 35.6. The molecule has 1 fully saturated rings. The molecule has 1 aliphatic rings. The highest BCUT2D eigenvalue weighted by Gasteiger charge is 2.45. The molecule has 0 saturated carbocycles. The van der Waals surface area contributed by atoms with Crippen LogP contribution in [-0.4, -0.2) is 22.3 Å². The first-order chi connectivity index (χ1) is 5.81. The van der Waals surface area contributed by atoms with Gasteiger partial charge in [-0.2, -0.15) is 13.2 Å². The first kappa shape index (κ1) is 10.6. The fraction of sp³-hybridized carbons (Fsp3) is 0.714. The van der Waals surface area contributed by atoms with Gasteiger partial charge in [0.15, 0.2) is 10.9 Å². The fourth-order valence-corrected chi connectivity index (χ4v) is 2.12. The molecule has 0 aromatic carbocycles. The van der Waals surface area contributed by atoms with Crippen LogP contribution in [0.15, 0.2) is 0 Å². The predicted octanol–water partition coefficient (Wildman–Crippen LogP) is 1.79. The van der Waals surface area contributed by atoms with Crippen LogP contribution in [0.1, 0.15) is 13.3 Å². The van der Waals surface area contributed by atoms with Gasteiger partial charge in [0.25, 0.3) is 0 Å². The topological polar surface area (TPSA) is 34.1 Å². The number of hydrogen-bond donors (Lipinski definition) is 0. The summed E-state index contributed by atoms with van der Waals surface area (Å²) in [5.41, 5.74) is 0. The third-order valence-electron chi connectivity index (χ3n) is 1.76. The summed E-state index contributed by atoms with van der Waals surface area (Å²) in [7, 11) is 0. The first-order valence-electron chi connectivity index (χ1n) is 3.62. The Morgan fingerprint density at radius 3 is 2.23 bits per heavy atom. The number of thioether (sulfide) groups is 1. The zero-order chi connectivity index (χ0) is 10.2. The fourth-order valence-electron chi connectivity index (χ4n) is 1.13. The van der Waals surface area contributed by atoms with E-state index in [1.165, 1.54) is 6.92 Å². The highest BCUT2D eigenvalue weighted by molar-refractivity contribution is 8.15. The third-order valence-corrected chi connectivity index (χ3v) is 2.86. The molecule has 6 heteroatoms. The van der Waals surface area contributed by atoms with Crippen LogP contribution in [0.5, 0.6) is 0 Å². The Morgan fingerprint density at radius 2 is 1.92 bits per heavy atom. The van der Waals surface area contributed by atoms with Crippen molar-refractivity contribution in [2.75, 3.05) is 0 Å². The van der Waals surface area contributed by atoms with Crippen molar-refractivity contribution in [1.29, 1.82) is 0 Å². The maximum absolute atomic E-state index is 11.9. The Labute approximate surface area is 76.9 Å². The Bertz CT molecular complexity index is 249. The smallest absolute Gasteiger partial charge is 0.298 e. The van der Waals surface area contributed by atoms with Crippen molar-refractivity contribution in [3.8, 4) is 0 Å². The van der Waals surface area contributed by atoms with Crippen molar-refractivity contribution < 1.29 is 22.8 Å². The average Bonchev–Trinajstić information content (AvgIpc) is 2.14. The molecule has 0 radical (unpaired) electrons. The van der Waals surface area contributed by atoms with Crippen LogP contribution >= 0.6 is 11.8 Å². The van der Waals surface area contributed by atoms with Gasteiger partial charge in [-0.3, -0.25) is 9.59 Å². The monoisotopic (exact) mass is 212 g/mol. The second-order valence-electron chi connectivity index (χ2n) is 2.85. The van der Waals surface area contributed by atoms with E-state index in [9.17, 15) is 22.8 Å². The van der Waals surface area contributed by atoms with Gasteiger partial charge in [-0.1, -0.05) is 11.8 Å². The Kier molecular flexibility index (Phi) is 2.70. The minimum absolute atomic E-state index is 0.604. The number of ketones is 1. The number of carbonyl (C=O) groups is 2. The van der Waals surface area contributed by atoms with Crippen molar-refractivity contribution in [2.24, 2.45) is 5.92 Å². The van der Waals surface area contributed by atoms with Crippen LogP contribution in [0.4, 0.5) is 13.2 Å². The van der Waals surface area contributed by atoms with Crippen LogP contribution in [-0.2, 0) is 9.59 Å². The Balaban J connectivity index is 2.70. The SMILES string of the molecule is CC1SC(=O)C(CC(F)(F)F)C1=O. The normalized spacial score (nSPS) is 29.8. The summed E-state index contributed by atoms with van der Waals surface area (Å²) in [5, 5.41) is -1.28. The van der Waals surface area contributed by atoms with E-state index in [0.29, 0.717) is 11.8 Å². The summed E-state index contributed by atoms with van der Waals surface area (Å²) in [6.45, 7) is 1.45. The van der Waals surface area contributed by atoms with Crippen molar-refractivity contribution in [2.45, 2.75) is 24.8 Å². The van der Waals surface area contributed by atoms with E-state index in [1.807, 2.05) is 0 Å². The minimum atomic E-state index is -4.44. The molecule has 2 nitrogen and oxygen atoms in total. The Morgan fingerprint density at radius 1 is 1.38 bits per heavy atom. The second-order valence-corrected chi connectivity index (χ2v) is 4.20. The molecular formula is C7H7F3O2S. The van der Waals surface area contributed by atoms with Gasteiger partial charge in [0.2, 0.25) is 0 Å². The molecule has 13 heavy (non-hydrogen) atoms. The lowest BCUT2D eigenvalue weighted by Gasteiger charge is -2.09. The van der Waals surface area contributed by atoms with Crippen molar-refractivity contribution >= 4 is 22.7 Å². The molecule has 0 aromatic rings. The molecule has 2 unspecified atom stereocenters. The van der Waals surface area contributed by atoms with Gasteiger partial charge in [-0.05, 0) is 6.92 Å². The lowest BCUT2D eigenvalue weighted by Crippen LogP contribution is -2.25. The van der Waals surface area contributed by atoms with Gasteiger partial charge < -0.3 is 0 Å². The number of Topliss-reactive ketones (excluding diaryl/α,β-unsaturated/α-hetero) is 1. The second kappa shape index (κ2) is 3.32. The summed E-state index contributed by atoms with van der Waals surface area (Å²) in [4.78, 5) is 22.0. The number of alkyl halides is 3. The zero-order valence-electron chi connectivity index (χ0n) is 6.72. The van der Waals surface area contributed by atoms with Gasteiger partial charge in [0, 0.05) is 0 Å². The van der Waals surface area contributed by atoms with Gasteiger partial charge in [0.05, 0.1) is 17.6 Å². The van der Waals surface area contributed by atoms with Crippen molar-refractivity contribution in [3.63, 3.8) is 0 Å². The standard InChI is InChI=1S/C7H7F3O2S/c1-3-5(11)4(6(12)13-3)2-7(8,9)10/h3-4H,2H2,1H3. The molecule has 0 N–H and O–H groups in total. The molecule has 1 saturated heterocycles. The molecule has 1 aliphatic heterocycles. The average molecular weight is 212 g/mol. The molecule has 1 heterocycles. The molecule has 1 rings (SSSR count). The highest BCUT2D eigenvalue weighted by Crippen LogP contribution is 2.36. The Hall–Kier alpha value is -0.520. The maximum Gasteiger partial charge on any atom is 0.390 e. The van der Waals surface area contributed by atoms with Gasteiger partial charge in [-0.15, -0.1) is 0 Å². The maximum atomic E-state index is 11.9. The molecule has 0 aliphatic carbocycles. The van der Waals surface area contributed by atoms with Gasteiger partial charge in [0.1, 0.15) is 0 Å². The molecule has 74 valence electrons. The molecule has 0 aromatic heterocycles. The van der Waals surface area contributed by atoms with Gasteiger partial charge in [-0.25, -0.2) is 0 Å². The minimum Gasteiger partial charge on any atom is -0.298 e. The third kappa shape index (κ3) is 2.46. The lowest BCUT2D eigenvalue weighted by atomic mass is 10.00. The molecular weight excluding hydrogens is 205 g/mol. The molecule has 0 spiro atoms.